The second-order valence-corrected chi connectivity index (χ2v) is 3.31. The summed E-state index contributed by atoms with van der Waals surface area (Å²) >= 11 is 0. The fraction of sp³-hybridized carbons (Fsp3) is 0.250. The van der Waals surface area contributed by atoms with E-state index >= 15 is 0 Å². The molecule has 0 aromatic carbocycles. The highest BCUT2D eigenvalue weighted by molar-refractivity contribution is 5.94. The van der Waals surface area contributed by atoms with Gasteiger partial charge in [-0.3, -0.25) is 4.79 Å². The molecule has 0 aliphatic heterocycles. The molecule has 1 aromatic rings. The zero-order valence-corrected chi connectivity index (χ0v) is 9.30. The van der Waals surface area contributed by atoms with Crippen molar-refractivity contribution in [1.82, 2.24) is 10.3 Å². The number of carbonyl (C=O) groups excluding carboxylic acids is 1. The predicted octanol–water partition coefficient (Wildman–Crippen LogP) is 0.921. The summed E-state index contributed by atoms with van der Waals surface area (Å²) in [5.41, 5.74) is -0.134. The summed E-state index contributed by atoms with van der Waals surface area (Å²) < 4.78 is 0. The van der Waals surface area contributed by atoms with Crippen LogP contribution in [0, 0.1) is 12.3 Å². The largest absolute Gasteiger partial charge is 0.477 e. The third kappa shape index (κ3) is 3.31. The smallest absolute Gasteiger partial charge is 0.354 e. The molecule has 5 heteroatoms. The normalized spacial score (nSPS) is 11.3. The Morgan fingerprint density at radius 3 is 2.71 bits per heavy atom. The number of aromatic carboxylic acids is 1. The van der Waals surface area contributed by atoms with Gasteiger partial charge in [0.1, 0.15) is 11.4 Å². The van der Waals surface area contributed by atoms with Gasteiger partial charge in [0.15, 0.2) is 0 Å². The number of amides is 1. The molecule has 0 saturated heterocycles. The van der Waals surface area contributed by atoms with Crippen LogP contribution in [0.5, 0.6) is 0 Å². The maximum absolute atomic E-state index is 11.7. The van der Waals surface area contributed by atoms with Crippen molar-refractivity contribution in [2.45, 2.75) is 19.4 Å². The van der Waals surface area contributed by atoms with E-state index in [9.17, 15) is 9.59 Å². The third-order valence-corrected chi connectivity index (χ3v) is 2.12. The second-order valence-electron chi connectivity index (χ2n) is 3.31. The van der Waals surface area contributed by atoms with Gasteiger partial charge < -0.3 is 10.4 Å². The van der Waals surface area contributed by atoms with Gasteiger partial charge in [0.05, 0.1) is 6.04 Å². The molecule has 1 unspecified atom stereocenters. The van der Waals surface area contributed by atoms with Crippen LogP contribution in [0.15, 0.2) is 18.2 Å². The number of carbonyl (C=O) groups is 2. The average molecular weight is 232 g/mol. The first-order chi connectivity index (χ1) is 8.08. The molecule has 1 rings (SSSR count). The van der Waals surface area contributed by atoms with Gasteiger partial charge in [0.25, 0.3) is 5.91 Å². The number of nitrogens with zero attached hydrogens (tertiary/aromatic N) is 1. The third-order valence-electron chi connectivity index (χ3n) is 2.12. The molecular formula is C12H12N2O3. The standard InChI is InChI=1S/C12H12N2O3/c1-3-8(4-2)13-11(15)9-6-5-7-10(14-9)12(16)17/h1,5-8H,4H2,2H3,(H,13,15)(H,16,17). The van der Waals surface area contributed by atoms with Crippen LogP contribution in [-0.2, 0) is 0 Å². The van der Waals surface area contributed by atoms with Crippen molar-refractivity contribution in [3.8, 4) is 12.3 Å². The predicted molar refractivity (Wildman–Crippen MR) is 61.6 cm³/mol. The summed E-state index contributed by atoms with van der Waals surface area (Å²) in [6.07, 6.45) is 5.81. The molecule has 1 aromatic heterocycles. The molecule has 0 aliphatic rings. The number of pyridine rings is 1. The maximum Gasteiger partial charge on any atom is 0.354 e. The fourth-order valence-electron chi connectivity index (χ4n) is 1.17. The van der Waals surface area contributed by atoms with Gasteiger partial charge >= 0.3 is 5.97 Å². The number of aromatic nitrogens is 1. The number of hydrogen-bond donors (Lipinski definition) is 2. The van der Waals surface area contributed by atoms with Crippen LogP contribution >= 0.6 is 0 Å². The summed E-state index contributed by atoms with van der Waals surface area (Å²) in [5.74, 6) is 0.762. The van der Waals surface area contributed by atoms with Gasteiger partial charge in [-0.05, 0) is 18.6 Å². The molecule has 0 radical (unpaired) electrons. The summed E-state index contributed by atoms with van der Waals surface area (Å²) in [5, 5.41) is 11.3. The molecular weight excluding hydrogens is 220 g/mol. The van der Waals surface area contributed by atoms with Crippen molar-refractivity contribution in [2.75, 3.05) is 0 Å². The van der Waals surface area contributed by atoms with Crippen LogP contribution < -0.4 is 5.32 Å². The summed E-state index contributed by atoms with van der Waals surface area (Å²) in [6, 6.07) is 3.84. The van der Waals surface area contributed by atoms with Gasteiger partial charge in [-0.15, -0.1) is 6.42 Å². The van der Waals surface area contributed by atoms with Gasteiger partial charge in [-0.2, -0.15) is 0 Å². The first-order valence-corrected chi connectivity index (χ1v) is 5.05. The molecule has 1 heterocycles. The summed E-state index contributed by atoms with van der Waals surface area (Å²) in [6.45, 7) is 1.84. The molecule has 17 heavy (non-hydrogen) atoms. The Kier molecular flexibility index (Phi) is 4.23. The van der Waals surface area contributed by atoms with Crippen molar-refractivity contribution in [3.05, 3.63) is 29.6 Å². The van der Waals surface area contributed by atoms with E-state index in [0.29, 0.717) is 6.42 Å². The van der Waals surface area contributed by atoms with Gasteiger partial charge in [-0.1, -0.05) is 18.9 Å². The Labute approximate surface area is 98.9 Å². The minimum atomic E-state index is -1.18. The van der Waals surface area contributed by atoms with Crippen LogP contribution in [0.4, 0.5) is 0 Å². The van der Waals surface area contributed by atoms with Gasteiger partial charge in [0, 0.05) is 0 Å². The Hall–Kier alpha value is -2.35. The first kappa shape index (κ1) is 12.7. The zero-order valence-electron chi connectivity index (χ0n) is 9.30. The summed E-state index contributed by atoms with van der Waals surface area (Å²) in [4.78, 5) is 26.1. The number of nitrogens with one attached hydrogen (secondary N) is 1. The highest BCUT2D eigenvalue weighted by Gasteiger charge is 2.13. The monoisotopic (exact) mass is 232 g/mol. The van der Waals surface area contributed by atoms with E-state index in [1.807, 2.05) is 6.92 Å². The van der Waals surface area contributed by atoms with Crippen molar-refractivity contribution in [1.29, 1.82) is 0 Å². The van der Waals surface area contributed by atoms with Crippen LogP contribution in [-0.4, -0.2) is 28.0 Å². The van der Waals surface area contributed by atoms with Crippen LogP contribution in [0.25, 0.3) is 0 Å². The fourth-order valence-corrected chi connectivity index (χ4v) is 1.17. The molecule has 88 valence electrons. The van der Waals surface area contributed by atoms with Crippen molar-refractivity contribution in [3.63, 3.8) is 0 Å². The molecule has 0 aliphatic carbocycles. The average Bonchev–Trinajstić information content (AvgIpc) is 2.35. The molecule has 0 spiro atoms. The highest BCUT2D eigenvalue weighted by atomic mass is 16.4. The number of terminal acetylenes is 1. The van der Waals surface area contributed by atoms with E-state index in [2.05, 4.69) is 16.2 Å². The van der Waals surface area contributed by atoms with Crippen LogP contribution in [0.3, 0.4) is 0 Å². The Morgan fingerprint density at radius 1 is 1.53 bits per heavy atom. The lowest BCUT2D eigenvalue weighted by Gasteiger charge is -2.10. The maximum atomic E-state index is 11.7. The molecule has 1 amide bonds. The van der Waals surface area contributed by atoms with Gasteiger partial charge in [-0.25, -0.2) is 9.78 Å². The minimum absolute atomic E-state index is 0.0404. The quantitative estimate of drug-likeness (QED) is 0.756. The molecule has 1 atom stereocenters. The van der Waals surface area contributed by atoms with Gasteiger partial charge in [0.2, 0.25) is 0 Å². The number of hydrogen-bond acceptors (Lipinski definition) is 3. The van der Waals surface area contributed by atoms with Crippen molar-refractivity contribution in [2.24, 2.45) is 0 Å². The molecule has 5 nitrogen and oxygen atoms in total. The number of rotatable bonds is 4. The SMILES string of the molecule is C#CC(CC)NC(=O)c1cccc(C(=O)O)n1. The summed E-state index contributed by atoms with van der Waals surface area (Å²) in [7, 11) is 0. The van der Waals surface area contributed by atoms with E-state index in [-0.39, 0.29) is 17.4 Å². The second kappa shape index (κ2) is 5.66. The Balaban J connectivity index is 2.86. The van der Waals surface area contributed by atoms with E-state index in [1.54, 1.807) is 0 Å². The van der Waals surface area contributed by atoms with Crippen molar-refractivity contribution < 1.29 is 14.7 Å². The van der Waals surface area contributed by atoms with Crippen LogP contribution in [0.2, 0.25) is 0 Å². The van der Waals surface area contributed by atoms with E-state index in [0.717, 1.165) is 0 Å². The topological polar surface area (TPSA) is 79.3 Å². The first-order valence-electron chi connectivity index (χ1n) is 5.05. The number of carboxylic acids is 1. The Morgan fingerprint density at radius 2 is 2.18 bits per heavy atom. The minimum Gasteiger partial charge on any atom is -0.477 e. The molecule has 0 saturated carbocycles. The Bertz CT molecular complexity index is 477. The van der Waals surface area contributed by atoms with E-state index < -0.39 is 11.9 Å². The number of carboxylic acid groups (broad SMARTS) is 1. The van der Waals surface area contributed by atoms with Crippen molar-refractivity contribution >= 4 is 11.9 Å². The lowest BCUT2D eigenvalue weighted by atomic mass is 10.2. The molecule has 0 fully saturated rings. The zero-order chi connectivity index (χ0) is 12.8. The van der Waals surface area contributed by atoms with E-state index in [4.69, 9.17) is 11.5 Å². The molecule has 0 bridgehead atoms. The van der Waals surface area contributed by atoms with E-state index in [1.165, 1.54) is 18.2 Å². The highest BCUT2D eigenvalue weighted by Crippen LogP contribution is 2.01. The lowest BCUT2D eigenvalue weighted by molar-refractivity contribution is 0.0690. The lowest BCUT2D eigenvalue weighted by Crippen LogP contribution is -2.33. The van der Waals surface area contributed by atoms with Crippen LogP contribution in [0.1, 0.15) is 34.3 Å². The molecule has 2 N–H and O–H groups in total.